The molecule has 0 radical (unpaired) electrons. The van der Waals surface area contributed by atoms with Gasteiger partial charge < -0.3 is 4.90 Å². The van der Waals surface area contributed by atoms with E-state index in [4.69, 9.17) is 0 Å². The number of carbonyl (C=O) groups is 1. The van der Waals surface area contributed by atoms with Crippen LogP contribution in [0.5, 0.6) is 0 Å². The third-order valence-electron chi connectivity index (χ3n) is 7.11. The van der Waals surface area contributed by atoms with Crippen molar-refractivity contribution in [3.63, 3.8) is 0 Å². The van der Waals surface area contributed by atoms with Crippen molar-refractivity contribution in [2.24, 2.45) is 11.1 Å². The van der Waals surface area contributed by atoms with Gasteiger partial charge in [-0.05, 0) is 72.8 Å². The fourth-order valence-electron chi connectivity index (χ4n) is 5.03. The highest BCUT2D eigenvalue weighted by atomic mass is 32.2. The summed E-state index contributed by atoms with van der Waals surface area (Å²) in [5, 5.41) is 16.0. The Balaban J connectivity index is 1.59. The molecule has 1 fully saturated rings. The first-order valence-electron chi connectivity index (χ1n) is 12.7. The lowest BCUT2D eigenvalue weighted by atomic mass is 9.97. The second-order valence-corrected chi connectivity index (χ2v) is 11.7. The van der Waals surface area contributed by atoms with Crippen molar-refractivity contribution in [1.29, 1.82) is 5.26 Å². The van der Waals surface area contributed by atoms with Crippen LogP contribution in [0.2, 0.25) is 0 Å². The zero-order valence-corrected chi connectivity index (χ0v) is 23.1. The molecule has 9 heteroatoms. The summed E-state index contributed by atoms with van der Waals surface area (Å²) >= 11 is 3.00. The summed E-state index contributed by atoms with van der Waals surface area (Å²) in [6.07, 6.45) is 5.51. The first-order chi connectivity index (χ1) is 19.5. The minimum Gasteiger partial charge on any atom is -0.370 e. The Hall–Kier alpha value is -4.26. The molecule has 6 rings (SSSR count). The summed E-state index contributed by atoms with van der Waals surface area (Å²) in [5.41, 5.74) is 5.15. The van der Waals surface area contributed by atoms with Gasteiger partial charge in [0.2, 0.25) is 0 Å². The van der Waals surface area contributed by atoms with Gasteiger partial charge in [0.1, 0.15) is 12.2 Å². The average molecular weight is 567 g/mol. The number of nitroso groups, excluding NO2 is 1. The maximum Gasteiger partial charge on any atom is 0.292 e. The highest BCUT2D eigenvalue weighted by molar-refractivity contribution is 7.98. The predicted molar refractivity (Wildman–Crippen MR) is 159 cm³/mol. The molecule has 0 N–H and O–H groups in total. The summed E-state index contributed by atoms with van der Waals surface area (Å²) in [7, 11) is 0. The van der Waals surface area contributed by atoms with Gasteiger partial charge in [-0.1, -0.05) is 35.9 Å². The number of nitriles is 1. The smallest absolute Gasteiger partial charge is 0.292 e. The lowest BCUT2D eigenvalue weighted by Gasteiger charge is -2.38. The number of benzene rings is 2. The molecule has 2 aromatic heterocycles. The van der Waals surface area contributed by atoms with Crippen molar-refractivity contribution in [2.45, 2.75) is 18.0 Å². The van der Waals surface area contributed by atoms with E-state index in [1.807, 2.05) is 47.5 Å². The summed E-state index contributed by atoms with van der Waals surface area (Å²) in [5.74, 6) is -1.01. The number of nitrogens with zero attached hydrogens (tertiary/aromatic N) is 4. The Bertz CT molecular complexity index is 1830. The summed E-state index contributed by atoms with van der Waals surface area (Å²) in [4.78, 5) is 26.2. The fourth-order valence-corrected chi connectivity index (χ4v) is 6.95. The SMILES string of the molecule is Cc1ccc(Sn2c(-c3cccc(N4CC(C(=O)N=O)C4)c3)c(-c3sccc3C#N)c3c2=CC=CC(F)C=3)cc1. The second-order valence-electron chi connectivity index (χ2n) is 9.74. The Morgan fingerprint density at radius 2 is 1.98 bits per heavy atom. The van der Waals surface area contributed by atoms with Gasteiger partial charge in [-0.25, -0.2) is 4.39 Å². The average Bonchev–Trinajstić information content (AvgIpc) is 3.45. The number of thiophene rings is 1. The number of hydrogen-bond donors (Lipinski definition) is 0. The van der Waals surface area contributed by atoms with Crippen LogP contribution >= 0.6 is 23.3 Å². The number of aromatic nitrogens is 1. The van der Waals surface area contributed by atoms with E-state index in [1.54, 1.807) is 30.2 Å². The number of amides is 1. The van der Waals surface area contributed by atoms with E-state index >= 15 is 0 Å². The molecule has 1 aliphatic heterocycles. The molecule has 2 aliphatic rings. The summed E-state index contributed by atoms with van der Waals surface area (Å²) < 4.78 is 17.1. The molecule has 1 atom stereocenters. The normalized spacial score (nSPS) is 16.2. The van der Waals surface area contributed by atoms with Crippen LogP contribution in [0.15, 0.2) is 82.2 Å². The van der Waals surface area contributed by atoms with E-state index in [1.165, 1.54) is 17.4 Å². The molecule has 0 spiro atoms. The van der Waals surface area contributed by atoms with Gasteiger partial charge in [0.05, 0.1) is 27.4 Å². The van der Waals surface area contributed by atoms with Crippen molar-refractivity contribution in [3.05, 3.63) is 98.7 Å². The van der Waals surface area contributed by atoms with Gasteiger partial charge in [0.15, 0.2) is 0 Å². The van der Waals surface area contributed by atoms with Gasteiger partial charge in [-0.15, -0.1) is 16.2 Å². The number of halogens is 1. The largest absolute Gasteiger partial charge is 0.370 e. The number of anilines is 1. The number of fused-ring (bicyclic) bond motifs is 1. The minimum atomic E-state index is -1.27. The molecule has 198 valence electrons. The Morgan fingerprint density at radius 3 is 2.73 bits per heavy atom. The van der Waals surface area contributed by atoms with Crippen molar-refractivity contribution in [3.8, 4) is 27.8 Å². The van der Waals surface area contributed by atoms with Gasteiger partial charge in [0, 0.05) is 45.2 Å². The van der Waals surface area contributed by atoms with Crippen LogP contribution < -0.4 is 15.5 Å². The number of alkyl halides is 1. The molecule has 1 saturated heterocycles. The standard InChI is InChI=1S/C31H23FN4O2S2/c1-19-8-10-25(11-9-19)40-36-27-7-3-5-23(32)15-26(27)28(30-21(16-33)12-13-39-30)29(36)20-4-2-6-24(14-20)35-17-22(18-35)31(37)34-38/h2-15,22-23H,17-18H2,1H3. The van der Waals surface area contributed by atoms with Crippen LogP contribution in [0.3, 0.4) is 0 Å². The number of allylic oxidation sites excluding steroid dienone is 2. The molecule has 1 amide bonds. The van der Waals surface area contributed by atoms with E-state index in [0.29, 0.717) is 18.7 Å². The van der Waals surface area contributed by atoms with E-state index in [0.717, 1.165) is 48.4 Å². The van der Waals surface area contributed by atoms with E-state index in [2.05, 4.69) is 39.5 Å². The number of rotatable bonds is 6. The van der Waals surface area contributed by atoms with Crippen LogP contribution in [0.25, 0.3) is 33.9 Å². The summed E-state index contributed by atoms with van der Waals surface area (Å²) in [6, 6.07) is 20.3. The van der Waals surface area contributed by atoms with Crippen molar-refractivity contribution in [1.82, 2.24) is 3.97 Å². The molecular weight excluding hydrogens is 543 g/mol. The number of aryl methyl sites for hydroxylation is 1. The van der Waals surface area contributed by atoms with Crippen molar-refractivity contribution < 1.29 is 9.18 Å². The van der Waals surface area contributed by atoms with Crippen LogP contribution in [0, 0.1) is 29.1 Å². The lowest BCUT2D eigenvalue weighted by Crippen LogP contribution is -2.50. The van der Waals surface area contributed by atoms with Crippen LogP contribution in [0.4, 0.5) is 10.1 Å². The minimum absolute atomic E-state index is 0.393. The topological polar surface area (TPSA) is 78.5 Å². The van der Waals surface area contributed by atoms with E-state index in [9.17, 15) is 19.4 Å². The molecule has 0 saturated carbocycles. The zero-order chi connectivity index (χ0) is 27.8. The maximum atomic E-state index is 15.0. The maximum absolute atomic E-state index is 15.0. The third kappa shape index (κ3) is 4.70. The lowest BCUT2D eigenvalue weighted by molar-refractivity contribution is -0.122. The molecule has 1 unspecified atom stereocenters. The van der Waals surface area contributed by atoms with Crippen LogP contribution in [-0.4, -0.2) is 29.1 Å². The van der Waals surface area contributed by atoms with Crippen molar-refractivity contribution >= 4 is 47.0 Å². The second kappa shape index (κ2) is 10.7. The first kappa shape index (κ1) is 26.0. The molecule has 1 aliphatic carbocycles. The molecule has 3 heterocycles. The Kier molecular flexibility index (Phi) is 6.96. The molecule has 2 aromatic carbocycles. The van der Waals surface area contributed by atoms with Gasteiger partial charge in [0.25, 0.3) is 5.91 Å². The third-order valence-corrected chi connectivity index (χ3v) is 9.09. The van der Waals surface area contributed by atoms with E-state index in [-0.39, 0.29) is 0 Å². The molecule has 40 heavy (non-hydrogen) atoms. The number of hydrogen-bond acceptors (Lipinski definition) is 6. The highest BCUT2D eigenvalue weighted by Gasteiger charge is 2.34. The first-order valence-corrected chi connectivity index (χ1v) is 14.4. The van der Waals surface area contributed by atoms with E-state index < -0.39 is 18.0 Å². The highest BCUT2D eigenvalue weighted by Crippen LogP contribution is 2.39. The van der Waals surface area contributed by atoms with Crippen LogP contribution in [0.1, 0.15) is 11.1 Å². The summed E-state index contributed by atoms with van der Waals surface area (Å²) in [6.45, 7) is 2.89. The fraction of sp³-hybridized carbons (Fsp3) is 0.161. The van der Waals surface area contributed by atoms with Crippen molar-refractivity contribution in [2.75, 3.05) is 18.0 Å². The predicted octanol–water partition coefficient (Wildman–Crippen LogP) is 5.82. The number of carbonyl (C=O) groups excluding carboxylic acids is 1. The zero-order valence-electron chi connectivity index (χ0n) is 21.5. The van der Waals surface area contributed by atoms with Gasteiger partial charge in [-0.3, -0.25) is 8.77 Å². The Labute approximate surface area is 238 Å². The van der Waals surface area contributed by atoms with Gasteiger partial charge >= 0.3 is 0 Å². The molecule has 4 aromatic rings. The quantitative estimate of drug-likeness (QED) is 0.275. The van der Waals surface area contributed by atoms with Gasteiger partial charge in [-0.2, -0.15) is 5.26 Å². The molecular formula is C31H23FN4O2S2. The molecule has 0 bridgehead atoms. The monoisotopic (exact) mass is 566 g/mol. The Morgan fingerprint density at radius 1 is 1.18 bits per heavy atom. The molecule has 6 nitrogen and oxygen atoms in total. The van der Waals surface area contributed by atoms with Crippen LogP contribution in [-0.2, 0) is 4.79 Å².